The van der Waals surface area contributed by atoms with Crippen LogP contribution in [-0.2, 0) is 17.8 Å². The normalized spacial score (nSPS) is 15.1. The smallest absolute Gasteiger partial charge is 0.227 e. The number of imidazole rings is 1. The van der Waals surface area contributed by atoms with Crippen molar-refractivity contribution in [1.29, 1.82) is 0 Å². The van der Waals surface area contributed by atoms with Gasteiger partial charge in [-0.2, -0.15) is 0 Å². The maximum absolute atomic E-state index is 12.6. The van der Waals surface area contributed by atoms with Crippen LogP contribution in [0, 0.1) is 0 Å². The van der Waals surface area contributed by atoms with E-state index in [0.717, 1.165) is 60.9 Å². The standard InChI is InChI=1S/C22H26N4O2/c1-2-28-18-9-7-17(8-10-18)15-22(27)26-13-11-25(12-14-26)16-21-23-19-5-3-4-6-20(19)24-21/h3-10H,2,11-16H2,1H3,(H,23,24). The summed E-state index contributed by atoms with van der Waals surface area (Å²) in [5.41, 5.74) is 3.10. The molecular formula is C22H26N4O2. The highest BCUT2D eigenvalue weighted by Crippen LogP contribution is 2.15. The van der Waals surface area contributed by atoms with Crippen LogP contribution in [0.1, 0.15) is 18.3 Å². The van der Waals surface area contributed by atoms with Gasteiger partial charge in [0.1, 0.15) is 11.6 Å². The first-order valence-electron chi connectivity index (χ1n) is 9.87. The molecule has 0 aliphatic carbocycles. The third kappa shape index (κ3) is 4.34. The van der Waals surface area contributed by atoms with Crippen LogP contribution >= 0.6 is 0 Å². The van der Waals surface area contributed by atoms with Crippen LogP contribution in [0.15, 0.2) is 48.5 Å². The minimum Gasteiger partial charge on any atom is -0.494 e. The zero-order valence-electron chi connectivity index (χ0n) is 16.2. The molecule has 1 saturated heterocycles. The molecule has 146 valence electrons. The first-order valence-corrected chi connectivity index (χ1v) is 9.87. The molecule has 0 unspecified atom stereocenters. The number of carbonyl (C=O) groups excluding carboxylic acids is 1. The van der Waals surface area contributed by atoms with Crippen molar-refractivity contribution in [3.8, 4) is 5.75 Å². The Kier molecular flexibility index (Phi) is 5.58. The number of hydrogen-bond donors (Lipinski definition) is 1. The Morgan fingerprint density at radius 1 is 1.07 bits per heavy atom. The molecule has 6 nitrogen and oxygen atoms in total. The number of carbonyl (C=O) groups is 1. The summed E-state index contributed by atoms with van der Waals surface area (Å²) in [6.07, 6.45) is 0.440. The van der Waals surface area contributed by atoms with Crippen LogP contribution < -0.4 is 4.74 Å². The van der Waals surface area contributed by atoms with Crippen molar-refractivity contribution >= 4 is 16.9 Å². The number of amides is 1. The molecule has 28 heavy (non-hydrogen) atoms. The molecule has 0 atom stereocenters. The molecule has 4 rings (SSSR count). The molecule has 6 heteroatoms. The van der Waals surface area contributed by atoms with Gasteiger partial charge >= 0.3 is 0 Å². The Bertz CT molecular complexity index is 894. The van der Waals surface area contributed by atoms with Gasteiger partial charge < -0.3 is 14.6 Å². The van der Waals surface area contributed by atoms with E-state index in [0.29, 0.717) is 13.0 Å². The highest BCUT2D eigenvalue weighted by atomic mass is 16.5. The van der Waals surface area contributed by atoms with Crippen molar-refractivity contribution in [2.75, 3.05) is 32.8 Å². The van der Waals surface area contributed by atoms with Gasteiger partial charge in [-0.05, 0) is 36.8 Å². The Morgan fingerprint density at radius 3 is 2.54 bits per heavy atom. The minimum atomic E-state index is 0.188. The van der Waals surface area contributed by atoms with E-state index in [-0.39, 0.29) is 5.91 Å². The van der Waals surface area contributed by atoms with Gasteiger partial charge in [-0.1, -0.05) is 24.3 Å². The van der Waals surface area contributed by atoms with Gasteiger partial charge in [0.2, 0.25) is 5.91 Å². The van der Waals surface area contributed by atoms with E-state index in [1.165, 1.54) is 0 Å². The fraction of sp³-hybridized carbons (Fsp3) is 0.364. The fourth-order valence-corrected chi connectivity index (χ4v) is 3.60. The van der Waals surface area contributed by atoms with Gasteiger partial charge in [-0.3, -0.25) is 9.69 Å². The number of aromatic nitrogens is 2. The second kappa shape index (κ2) is 8.44. The summed E-state index contributed by atoms with van der Waals surface area (Å²) in [7, 11) is 0. The van der Waals surface area contributed by atoms with Crippen LogP contribution in [0.25, 0.3) is 11.0 Å². The Hall–Kier alpha value is -2.86. The van der Waals surface area contributed by atoms with Crippen molar-refractivity contribution in [3.63, 3.8) is 0 Å². The summed E-state index contributed by atoms with van der Waals surface area (Å²) in [4.78, 5) is 25.0. The maximum atomic E-state index is 12.6. The first-order chi connectivity index (χ1) is 13.7. The van der Waals surface area contributed by atoms with Gasteiger partial charge in [-0.25, -0.2) is 4.98 Å². The van der Waals surface area contributed by atoms with E-state index in [4.69, 9.17) is 4.74 Å². The Morgan fingerprint density at radius 2 is 1.82 bits per heavy atom. The lowest BCUT2D eigenvalue weighted by molar-refractivity contribution is -0.132. The summed E-state index contributed by atoms with van der Waals surface area (Å²) in [5, 5.41) is 0. The van der Waals surface area contributed by atoms with Crippen LogP contribution in [0.2, 0.25) is 0 Å². The van der Waals surface area contributed by atoms with Crippen LogP contribution in [0.4, 0.5) is 0 Å². The topological polar surface area (TPSA) is 61.5 Å². The van der Waals surface area contributed by atoms with Crippen molar-refractivity contribution in [1.82, 2.24) is 19.8 Å². The fourth-order valence-electron chi connectivity index (χ4n) is 3.60. The third-order valence-corrected chi connectivity index (χ3v) is 5.13. The van der Waals surface area contributed by atoms with Crippen LogP contribution in [0.5, 0.6) is 5.75 Å². The molecule has 2 heterocycles. The highest BCUT2D eigenvalue weighted by molar-refractivity contribution is 5.79. The average molecular weight is 378 g/mol. The van der Waals surface area contributed by atoms with E-state index in [1.54, 1.807) is 0 Å². The highest BCUT2D eigenvalue weighted by Gasteiger charge is 2.22. The van der Waals surface area contributed by atoms with Crippen molar-refractivity contribution in [2.45, 2.75) is 19.9 Å². The molecule has 1 N–H and O–H groups in total. The number of nitrogens with one attached hydrogen (secondary N) is 1. The van der Waals surface area contributed by atoms with E-state index in [1.807, 2.05) is 60.4 Å². The minimum absolute atomic E-state index is 0.188. The van der Waals surface area contributed by atoms with E-state index < -0.39 is 0 Å². The van der Waals surface area contributed by atoms with Gasteiger partial charge in [0.05, 0.1) is 30.6 Å². The third-order valence-electron chi connectivity index (χ3n) is 5.13. The molecule has 1 aliphatic heterocycles. The first kappa shape index (κ1) is 18.5. The molecule has 2 aromatic carbocycles. The van der Waals surface area contributed by atoms with Gasteiger partial charge in [0.25, 0.3) is 0 Å². The molecule has 0 bridgehead atoms. The predicted octanol–water partition coefficient (Wildman–Crippen LogP) is 2.85. The van der Waals surface area contributed by atoms with Gasteiger partial charge in [0.15, 0.2) is 0 Å². The molecule has 3 aromatic rings. The lowest BCUT2D eigenvalue weighted by atomic mass is 10.1. The molecule has 1 fully saturated rings. The number of piperazine rings is 1. The molecule has 1 amide bonds. The molecule has 0 spiro atoms. The molecule has 1 aromatic heterocycles. The van der Waals surface area contributed by atoms with E-state index in [9.17, 15) is 4.79 Å². The van der Waals surface area contributed by atoms with Gasteiger partial charge in [0, 0.05) is 26.2 Å². The number of fused-ring (bicyclic) bond motifs is 1. The maximum Gasteiger partial charge on any atom is 0.227 e. The van der Waals surface area contributed by atoms with Gasteiger partial charge in [-0.15, -0.1) is 0 Å². The largest absolute Gasteiger partial charge is 0.494 e. The van der Waals surface area contributed by atoms with Crippen molar-refractivity contribution in [3.05, 3.63) is 59.9 Å². The van der Waals surface area contributed by atoms with E-state index in [2.05, 4.69) is 14.9 Å². The summed E-state index contributed by atoms with van der Waals surface area (Å²) in [6, 6.07) is 15.9. The summed E-state index contributed by atoms with van der Waals surface area (Å²) < 4.78 is 5.45. The number of H-pyrrole nitrogens is 1. The second-order valence-corrected chi connectivity index (χ2v) is 7.11. The molecule has 1 aliphatic rings. The van der Waals surface area contributed by atoms with Crippen molar-refractivity contribution < 1.29 is 9.53 Å². The summed E-state index contributed by atoms with van der Waals surface area (Å²) >= 11 is 0. The zero-order valence-corrected chi connectivity index (χ0v) is 16.2. The second-order valence-electron chi connectivity index (χ2n) is 7.11. The number of aromatic amines is 1. The van der Waals surface area contributed by atoms with Crippen molar-refractivity contribution in [2.24, 2.45) is 0 Å². The number of benzene rings is 2. The number of rotatable bonds is 6. The Labute approximate surface area is 165 Å². The molecule has 0 radical (unpaired) electrons. The summed E-state index contributed by atoms with van der Waals surface area (Å²) in [5.74, 6) is 2.01. The monoisotopic (exact) mass is 378 g/mol. The molecule has 0 saturated carbocycles. The Balaban J connectivity index is 1.27. The lowest BCUT2D eigenvalue weighted by Crippen LogP contribution is -2.48. The van der Waals surface area contributed by atoms with Crippen LogP contribution in [-0.4, -0.2) is 58.5 Å². The molecular weight excluding hydrogens is 352 g/mol. The lowest BCUT2D eigenvalue weighted by Gasteiger charge is -2.34. The van der Waals surface area contributed by atoms with Crippen LogP contribution in [0.3, 0.4) is 0 Å². The number of nitrogens with zero attached hydrogens (tertiary/aromatic N) is 3. The SMILES string of the molecule is CCOc1ccc(CC(=O)N2CCN(Cc3nc4ccccc4[nH]3)CC2)cc1. The van der Waals surface area contributed by atoms with E-state index >= 15 is 0 Å². The average Bonchev–Trinajstić information content (AvgIpc) is 3.12. The zero-order chi connectivity index (χ0) is 19.3. The summed E-state index contributed by atoms with van der Waals surface area (Å²) in [6.45, 7) is 6.65. The predicted molar refractivity (Wildman–Crippen MR) is 109 cm³/mol. The number of ether oxygens (including phenoxy) is 1. The number of para-hydroxylation sites is 2. The number of hydrogen-bond acceptors (Lipinski definition) is 4. The quantitative estimate of drug-likeness (QED) is 0.717.